The summed E-state index contributed by atoms with van der Waals surface area (Å²) in [6.45, 7) is 6.86. The lowest BCUT2D eigenvalue weighted by molar-refractivity contribution is 0.591. The van der Waals surface area contributed by atoms with Gasteiger partial charge in [0.05, 0.1) is 0 Å². The fourth-order valence-corrected chi connectivity index (χ4v) is 4.98. The van der Waals surface area contributed by atoms with Crippen LogP contribution in [0.5, 0.6) is 0 Å². The zero-order valence-electron chi connectivity index (χ0n) is 19.3. The van der Waals surface area contributed by atoms with Crippen LogP contribution in [0, 0.1) is 0 Å². The molecule has 0 aliphatic heterocycles. The summed E-state index contributed by atoms with van der Waals surface area (Å²) in [5, 5.41) is 7.94. The number of anilines is 3. The van der Waals surface area contributed by atoms with Crippen LogP contribution >= 0.6 is 0 Å². The number of hydrogen-bond acceptors (Lipinski definition) is 1. The van der Waals surface area contributed by atoms with Gasteiger partial charge in [-0.05, 0) is 79.7 Å². The summed E-state index contributed by atoms with van der Waals surface area (Å²) >= 11 is 0. The van der Waals surface area contributed by atoms with E-state index in [9.17, 15) is 0 Å². The third-order valence-electron chi connectivity index (χ3n) is 6.67. The van der Waals surface area contributed by atoms with Crippen LogP contribution in [-0.4, -0.2) is 0 Å². The van der Waals surface area contributed by atoms with Gasteiger partial charge < -0.3 is 4.90 Å². The predicted molar refractivity (Wildman–Crippen MR) is 144 cm³/mol. The van der Waals surface area contributed by atoms with Crippen molar-refractivity contribution in [2.24, 2.45) is 0 Å². The summed E-state index contributed by atoms with van der Waals surface area (Å²) in [7, 11) is 0. The maximum absolute atomic E-state index is 2.37. The maximum atomic E-state index is 2.37. The second-order valence-corrected chi connectivity index (χ2v) is 9.95. The predicted octanol–water partition coefficient (Wildman–Crippen LogP) is 9.35. The quantitative estimate of drug-likeness (QED) is 0.255. The molecule has 0 aromatic heterocycles. The lowest BCUT2D eigenvalue weighted by Crippen LogP contribution is -2.11. The van der Waals surface area contributed by atoms with Gasteiger partial charge in [-0.2, -0.15) is 0 Å². The SMILES string of the molecule is CC(C)(C)c1cc2ccc3cc(N(c4ccccc4)c4ccccc4)cc4ccc(c1)c2c34. The molecule has 0 aliphatic rings. The van der Waals surface area contributed by atoms with Crippen LogP contribution in [-0.2, 0) is 5.41 Å². The standard InChI is InChI=1S/C32H27N/c1-32(2,3)26-18-22-14-16-24-20-29(21-25-17-15-23(19-26)30(22)31(24)25)33(27-10-6-4-7-11-27)28-12-8-5-9-13-28/h4-21H,1-3H3. The van der Waals surface area contributed by atoms with Crippen LogP contribution in [0.1, 0.15) is 26.3 Å². The first kappa shape index (κ1) is 19.8. The Bertz CT molecular complexity index is 1470. The van der Waals surface area contributed by atoms with Crippen LogP contribution in [0.4, 0.5) is 17.1 Å². The van der Waals surface area contributed by atoms with Crippen LogP contribution in [0.3, 0.4) is 0 Å². The molecule has 1 heteroatoms. The van der Waals surface area contributed by atoms with Crippen molar-refractivity contribution >= 4 is 49.4 Å². The minimum atomic E-state index is 0.128. The molecule has 0 heterocycles. The van der Waals surface area contributed by atoms with Crippen molar-refractivity contribution in [3.8, 4) is 0 Å². The molecule has 0 spiro atoms. The maximum Gasteiger partial charge on any atom is 0.0473 e. The molecule has 0 fully saturated rings. The van der Waals surface area contributed by atoms with Crippen molar-refractivity contribution < 1.29 is 0 Å². The number of nitrogens with zero attached hydrogens (tertiary/aromatic N) is 1. The van der Waals surface area contributed by atoms with Gasteiger partial charge in [-0.1, -0.05) is 93.6 Å². The summed E-state index contributed by atoms with van der Waals surface area (Å²) in [6, 6.07) is 39.8. The van der Waals surface area contributed by atoms with Gasteiger partial charge in [0.15, 0.2) is 0 Å². The van der Waals surface area contributed by atoms with E-state index >= 15 is 0 Å². The smallest absolute Gasteiger partial charge is 0.0473 e. The average molecular weight is 426 g/mol. The first-order chi connectivity index (χ1) is 16.0. The highest BCUT2D eigenvalue weighted by atomic mass is 15.1. The van der Waals surface area contributed by atoms with Gasteiger partial charge >= 0.3 is 0 Å². The highest BCUT2D eigenvalue weighted by Crippen LogP contribution is 2.42. The fraction of sp³-hybridized carbons (Fsp3) is 0.125. The molecule has 6 rings (SSSR count). The Balaban J connectivity index is 1.62. The van der Waals surface area contributed by atoms with Crippen LogP contribution in [0.15, 0.2) is 109 Å². The van der Waals surface area contributed by atoms with E-state index in [1.54, 1.807) is 0 Å². The van der Waals surface area contributed by atoms with Gasteiger partial charge in [0.1, 0.15) is 0 Å². The van der Waals surface area contributed by atoms with E-state index < -0.39 is 0 Å². The summed E-state index contributed by atoms with van der Waals surface area (Å²) in [6.07, 6.45) is 0. The lowest BCUT2D eigenvalue weighted by atomic mass is 9.83. The molecule has 33 heavy (non-hydrogen) atoms. The van der Waals surface area contributed by atoms with E-state index in [1.165, 1.54) is 43.6 Å². The van der Waals surface area contributed by atoms with Crippen molar-refractivity contribution in [1.29, 1.82) is 0 Å². The second-order valence-electron chi connectivity index (χ2n) is 9.95. The highest BCUT2D eigenvalue weighted by molar-refractivity contribution is 6.24. The number of rotatable bonds is 3. The zero-order valence-corrected chi connectivity index (χ0v) is 19.3. The number of benzene rings is 6. The summed E-state index contributed by atoms with van der Waals surface area (Å²) in [4.78, 5) is 2.34. The van der Waals surface area contributed by atoms with Gasteiger partial charge in [0, 0.05) is 17.1 Å². The Morgan fingerprint density at radius 3 is 1.24 bits per heavy atom. The number of para-hydroxylation sites is 2. The van der Waals surface area contributed by atoms with Crippen LogP contribution in [0.25, 0.3) is 32.3 Å². The molecule has 1 nitrogen and oxygen atoms in total. The minimum Gasteiger partial charge on any atom is -0.310 e. The number of hydrogen-bond donors (Lipinski definition) is 0. The largest absolute Gasteiger partial charge is 0.310 e. The Morgan fingerprint density at radius 1 is 0.455 bits per heavy atom. The summed E-state index contributed by atoms with van der Waals surface area (Å²) < 4.78 is 0. The van der Waals surface area contributed by atoms with Crippen molar-refractivity contribution in [1.82, 2.24) is 0 Å². The zero-order chi connectivity index (χ0) is 22.6. The summed E-state index contributed by atoms with van der Waals surface area (Å²) in [5.74, 6) is 0. The molecule has 0 saturated carbocycles. The van der Waals surface area contributed by atoms with Crippen LogP contribution in [0.2, 0.25) is 0 Å². The van der Waals surface area contributed by atoms with E-state index in [0.29, 0.717) is 0 Å². The molecular formula is C32H27N. The molecule has 0 aliphatic carbocycles. The Morgan fingerprint density at radius 2 is 0.848 bits per heavy atom. The van der Waals surface area contributed by atoms with Crippen molar-refractivity contribution in [3.63, 3.8) is 0 Å². The Labute approximate surface area is 195 Å². The highest BCUT2D eigenvalue weighted by Gasteiger charge is 2.19. The van der Waals surface area contributed by atoms with Gasteiger partial charge in [-0.3, -0.25) is 0 Å². The first-order valence-electron chi connectivity index (χ1n) is 11.6. The second kappa shape index (κ2) is 7.35. The molecule has 6 aromatic carbocycles. The molecule has 0 N–H and O–H groups in total. The van der Waals surface area contributed by atoms with Crippen molar-refractivity contribution in [3.05, 3.63) is 115 Å². The topological polar surface area (TPSA) is 3.24 Å². The van der Waals surface area contributed by atoms with Crippen LogP contribution < -0.4 is 4.90 Å². The van der Waals surface area contributed by atoms with E-state index in [1.807, 2.05) is 0 Å². The summed E-state index contributed by atoms with van der Waals surface area (Å²) in [5.41, 5.74) is 5.00. The van der Waals surface area contributed by atoms with E-state index in [2.05, 4.69) is 135 Å². The van der Waals surface area contributed by atoms with E-state index in [-0.39, 0.29) is 5.41 Å². The Kier molecular flexibility index (Phi) is 4.41. The monoisotopic (exact) mass is 425 g/mol. The van der Waals surface area contributed by atoms with Gasteiger partial charge in [-0.15, -0.1) is 0 Å². The van der Waals surface area contributed by atoms with Crippen molar-refractivity contribution in [2.75, 3.05) is 4.90 Å². The molecule has 0 unspecified atom stereocenters. The molecular weight excluding hydrogens is 398 g/mol. The normalized spacial score (nSPS) is 12.1. The molecule has 0 saturated heterocycles. The van der Waals surface area contributed by atoms with Gasteiger partial charge in [0.25, 0.3) is 0 Å². The van der Waals surface area contributed by atoms with E-state index in [0.717, 1.165) is 11.4 Å². The minimum absolute atomic E-state index is 0.128. The fourth-order valence-electron chi connectivity index (χ4n) is 4.98. The molecule has 6 aromatic rings. The first-order valence-corrected chi connectivity index (χ1v) is 11.6. The van der Waals surface area contributed by atoms with Gasteiger partial charge in [0.2, 0.25) is 0 Å². The third kappa shape index (κ3) is 3.32. The van der Waals surface area contributed by atoms with Crippen molar-refractivity contribution in [2.45, 2.75) is 26.2 Å². The molecule has 0 radical (unpaired) electrons. The third-order valence-corrected chi connectivity index (χ3v) is 6.67. The average Bonchev–Trinajstić information content (AvgIpc) is 2.83. The lowest BCUT2D eigenvalue weighted by Gasteiger charge is -2.26. The molecule has 0 amide bonds. The molecule has 160 valence electrons. The Hall–Kier alpha value is -3.84. The molecule has 0 atom stereocenters. The molecule has 0 bridgehead atoms. The van der Waals surface area contributed by atoms with Gasteiger partial charge in [-0.25, -0.2) is 0 Å². The van der Waals surface area contributed by atoms with E-state index in [4.69, 9.17) is 0 Å².